The summed E-state index contributed by atoms with van der Waals surface area (Å²) in [6.07, 6.45) is 1.79. The molecule has 0 bridgehead atoms. The number of nitro benzene ring substituents is 1. The Kier molecular flexibility index (Phi) is 5.44. The van der Waals surface area contributed by atoms with Gasteiger partial charge >= 0.3 is 6.09 Å². The highest BCUT2D eigenvalue weighted by Crippen LogP contribution is 2.25. The van der Waals surface area contributed by atoms with Gasteiger partial charge in [0.1, 0.15) is 5.60 Å². The normalized spacial score (nSPS) is 17.5. The van der Waals surface area contributed by atoms with E-state index in [9.17, 15) is 23.3 Å². The van der Waals surface area contributed by atoms with Crippen molar-refractivity contribution < 1.29 is 22.9 Å². The lowest BCUT2D eigenvalue weighted by atomic mass is 10.2. The zero-order valence-corrected chi connectivity index (χ0v) is 17.2. The summed E-state index contributed by atoms with van der Waals surface area (Å²) in [7, 11) is -3.83. The molecule has 2 aromatic rings. The SMILES string of the molecule is CC(C)(C)OC(=O)N1CCC[C@@H]1CS(=O)(=O)c1cnc2cc([N+](=O)[O-])ccc2n1. The third-order valence-corrected chi connectivity index (χ3v) is 6.11. The highest BCUT2D eigenvalue weighted by molar-refractivity contribution is 7.91. The van der Waals surface area contributed by atoms with E-state index in [0.717, 1.165) is 6.20 Å². The molecule has 11 heteroatoms. The van der Waals surface area contributed by atoms with Gasteiger partial charge in [-0.1, -0.05) is 0 Å². The molecular formula is C18H22N4O6S. The average Bonchev–Trinajstić information content (AvgIpc) is 3.06. The molecule has 1 aliphatic rings. The Hall–Kier alpha value is -2.82. The number of fused-ring (bicyclic) bond motifs is 1. The molecule has 0 unspecified atom stereocenters. The van der Waals surface area contributed by atoms with Crippen LogP contribution in [0.4, 0.5) is 10.5 Å². The maximum atomic E-state index is 12.9. The molecule has 2 heterocycles. The number of benzene rings is 1. The third-order valence-electron chi connectivity index (χ3n) is 4.45. The number of nitrogens with zero attached hydrogens (tertiary/aromatic N) is 4. The molecule has 0 spiro atoms. The number of carbonyl (C=O) groups excluding carboxylic acids is 1. The van der Waals surface area contributed by atoms with Crippen molar-refractivity contribution in [3.05, 3.63) is 34.5 Å². The van der Waals surface area contributed by atoms with Gasteiger partial charge < -0.3 is 9.64 Å². The van der Waals surface area contributed by atoms with Crippen molar-refractivity contribution in [3.63, 3.8) is 0 Å². The van der Waals surface area contributed by atoms with E-state index in [4.69, 9.17) is 4.74 Å². The number of sulfone groups is 1. The fourth-order valence-electron chi connectivity index (χ4n) is 3.15. The van der Waals surface area contributed by atoms with Gasteiger partial charge in [-0.05, 0) is 39.7 Å². The van der Waals surface area contributed by atoms with Gasteiger partial charge in [-0.2, -0.15) is 0 Å². The van der Waals surface area contributed by atoms with Crippen LogP contribution in [0.15, 0.2) is 29.4 Å². The van der Waals surface area contributed by atoms with Crippen LogP contribution in [0, 0.1) is 10.1 Å². The van der Waals surface area contributed by atoms with Crippen molar-refractivity contribution in [1.82, 2.24) is 14.9 Å². The Balaban J connectivity index is 1.82. The Morgan fingerprint density at radius 1 is 1.34 bits per heavy atom. The van der Waals surface area contributed by atoms with Crippen LogP contribution in [0.1, 0.15) is 33.6 Å². The summed E-state index contributed by atoms with van der Waals surface area (Å²) in [5.74, 6) is -0.292. The molecule has 156 valence electrons. The Bertz CT molecular complexity index is 1060. The number of hydrogen-bond donors (Lipinski definition) is 0. The van der Waals surface area contributed by atoms with Crippen LogP contribution >= 0.6 is 0 Å². The van der Waals surface area contributed by atoms with Gasteiger partial charge in [-0.25, -0.2) is 18.2 Å². The summed E-state index contributed by atoms with van der Waals surface area (Å²) >= 11 is 0. The molecule has 10 nitrogen and oxygen atoms in total. The summed E-state index contributed by atoms with van der Waals surface area (Å²) in [6.45, 7) is 5.69. The van der Waals surface area contributed by atoms with E-state index >= 15 is 0 Å². The van der Waals surface area contributed by atoms with E-state index in [1.807, 2.05) is 0 Å². The van der Waals surface area contributed by atoms with Gasteiger partial charge in [-0.3, -0.25) is 15.1 Å². The second kappa shape index (κ2) is 7.54. The van der Waals surface area contributed by atoms with Crippen LogP contribution < -0.4 is 0 Å². The van der Waals surface area contributed by atoms with E-state index in [-0.39, 0.29) is 27.5 Å². The summed E-state index contributed by atoms with van der Waals surface area (Å²) in [5.41, 5.74) is -0.349. The molecular weight excluding hydrogens is 400 g/mol. The van der Waals surface area contributed by atoms with Gasteiger partial charge in [-0.15, -0.1) is 0 Å². The van der Waals surface area contributed by atoms with Gasteiger partial charge in [0, 0.05) is 24.7 Å². The number of ether oxygens (including phenoxy) is 1. The predicted molar refractivity (Wildman–Crippen MR) is 104 cm³/mol. The number of hydrogen-bond acceptors (Lipinski definition) is 8. The minimum atomic E-state index is -3.83. The standard InChI is InChI=1S/C18H22N4O6S/c1-18(2,3)28-17(23)21-8-4-5-13(21)11-29(26,27)16-10-19-15-9-12(22(24)25)6-7-14(15)20-16/h6-7,9-10,13H,4-5,8,11H2,1-3H3/t13-/m1/s1. The number of rotatable bonds is 4. The van der Waals surface area contributed by atoms with Crippen LogP contribution in [0.2, 0.25) is 0 Å². The number of amides is 1. The summed E-state index contributed by atoms with van der Waals surface area (Å²) in [6, 6.07) is 3.33. The first kappa shape index (κ1) is 20.9. The van der Waals surface area contributed by atoms with Gasteiger partial charge in [0.2, 0.25) is 0 Å². The molecule has 1 fully saturated rings. The third kappa shape index (κ3) is 4.78. The molecule has 3 rings (SSSR count). The quantitative estimate of drug-likeness (QED) is 0.542. The van der Waals surface area contributed by atoms with E-state index in [1.165, 1.54) is 23.1 Å². The Labute approximate surface area is 168 Å². The van der Waals surface area contributed by atoms with Crippen molar-refractivity contribution >= 4 is 32.7 Å². The zero-order chi connectivity index (χ0) is 21.4. The molecule has 0 N–H and O–H groups in total. The lowest BCUT2D eigenvalue weighted by Crippen LogP contribution is -2.42. The lowest BCUT2D eigenvalue weighted by Gasteiger charge is -2.28. The van der Waals surface area contributed by atoms with Crippen molar-refractivity contribution in [3.8, 4) is 0 Å². The maximum absolute atomic E-state index is 12.9. The number of likely N-dealkylation sites (tertiary alicyclic amines) is 1. The average molecular weight is 422 g/mol. The van der Waals surface area contributed by atoms with Gasteiger partial charge in [0.25, 0.3) is 5.69 Å². The van der Waals surface area contributed by atoms with Crippen molar-refractivity contribution in [2.75, 3.05) is 12.3 Å². The van der Waals surface area contributed by atoms with E-state index in [1.54, 1.807) is 20.8 Å². The van der Waals surface area contributed by atoms with Crippen LogP contribution in [0.3, 0.4) is 0 Å². The van der Waals surface area contributed by atoms with E-state index in [0.29, 0.717) is 19.4 Å². The van der Waals surface area contributed by atoms with Crippen LogP contribution in [-0.2, 0) is 14.6 Å². The fraction of sp³-hybridized carbons (Fsp3) is 0.500. The number of non-ortho nitro benzene ring substituents is 1. The number of nitro groups is 1. The topological polar surface area (TPSA) is 133 Å². The first-order chi connectivity index (χ1) is 13.5. The van der Waals surface area contributed by atoms with E-state index in [2.05, 4.69) is 9.97 Å². The summed E-state index contributed by atoms with van der Waals surface area (Å²) in [5, 5.41) is 10.6. The monoisotopic (exact) mass is 422 g/mol. The second-order valence-corrected chi connectivity index (χ2v) is 9.87. The molecule has 1 saturated heterocycles. The largest absolute Gasteiger partial charge is 0.444 e. The van der Waals surface area contributed by atoms with Crippen LogP contribution in [0.25, 0.3) is 11.0 Å². The number of carbonyl (C=O) groups is 1. The molecule has 0 radical (unpaired) electrons. The highest BCUT2D eigenvalue weighted by Gasteiger charge is 2.36. The molecule has 1 aromatic heterocycles. The van der Waals surface area contributed by atoms with Crippen molar-refractivity contribution in [2.24, 2.45) is 0 Å². The highest BCUT2D eigenvalue weighted by atomic mass is 32.2. The first-order valence-corrected chi connectivity index (χ1v) is 10.7. The van der Waals surface area contributed by atoms with Crippen molar-refractivity contribution in [2.45, 2.75) is 50.3 Å². The van der Waals surface area contributed by atoms with Crippen LogP contribution in [-0.4, -0.2) is 58.2 Å². The Morgan fingerprint density at radius 3 is 2.72 bits per heavy atom. The molecule has 0 saturated carbocycles. The predicted octanol–water partition coefficient (Wildman–Crippen LogP) is 2.71. The van der Waals surface area contributed by atoms with E-state index < -0.39 is 32.5 Å². The smallest absolute Gasteiger partial charge is 0.410 e. The molecule has 0 aliphatic carbocycles. The summed E-state index contributed by atoms with van der Waals surface area (Å²) in [4.78, 5) is 32.3. The molecule has 29 heavy (non-hydrogen) atoms. The van der Waals surface area contributed by atoms with Crippen molar-refractivity contribution in [1.29, 1.82) is 0 Å². The minimum absolute atomic E-state index is 0.152. The minimum Gasteiger partial charge on any atom is -0.444 e. The zero-order valence-electron chi connectivity index (χ0n) is 16.4. The molecule has 1 amide bonds. The number of aromatic nitrogens is 2. The second-order valence-electron chi connectivity index (χ2n) is 7.89. The Morgan fingerprint density at radius 2 is 2.07 bits per heavy atom. The molecule has 1 aliphatic heterocycles. The van der Waals surface area contributed by atoms with Crippen LogP contribution in [0.5, 0.6) is 0 Å². The van der Waals surface area contributed by atoms with Gasteiger partial charge in [0.05, 0.1) is 27.9 Å². The summed E-state index contributed by atoms with van der Waals surface area (Å²) < 4.78 is 31.1. The maximum Gasteiger partial charge on any atom is 0.410 e. The molecule has 1 aromatic carbocycles. The first-order valence-electron chi connectivity index (χ1n) is 9.10. The fourth-order valence-corrected chi connectivity index (χ4v) is 4.63. The molecule has 1 atom stereocenters. The van der Waals surface area contributed by atoms with Gasteiger partial charge in [0.15, 0.2) is 14.9 Å². The lowest BCUT2D eigenvalue weighted by molar-refractivity contribution is -0.384.